The zero-order valence-corrected chi connectivity index (χ0v) is 23.0. The Labute approximate surface area is 222 Å². The number of carbonyl (C=O) groups excluding carboxylic acids is 4. The normalized spacial score (nSPS) is 42.9. The van der Waals surface area contributed by atoms with E-state index < -0.39 is 69.2 Å². The Morgan fingerprint density at radius 2 is 1.82 bits per heavy atom. The molecular formula is C29H36O9. The van der Waals surface area contributed by atoms with E-state index in [4.69, 9.17) is 23.4 Å². The molecule has 0 amide bonds. The molecule has 8 unspecified atom stereocenters. The average molecular weight is 529 g/mol. The minimum Gasteiger partial charge on any atom is -0.472 e. The molecular weight excluding hydrogens is 492 g/mol. The van der Waals surface area contributed by atoms with Gasteiger partial charge in [0, 0.05) is 29.2 Å². The van der Waals surface area contributed by atoms with E-state index in [9.17, 15) is 19.2 Å². The molecule has 0 radical (unpaired) electrons. The van der Waals surface area contributed by atoms with Crippen LogP contribution >= 0.6 is 0 Å². The molecule has 3 fully saturated rings. The topological polar surface area (TPSA) is 122 Å². The van der Waals surface area contributed by atoms with Crippen molar-refractivity contribution in [1.29, 1.82) is 0 Å². The third-order valence-electron chi connectivity index (χ3n) is 10.4. The number of carbonyl (C=O) groups is 4. The molecule has 9 heteroatoms. The molecule has 5 rings (SSSR count). The van der Waals surface area contributed by atoms with Crippen molar-refractivity contribution in [1.82, 2.24) is 0 Å². The highest BCUT2D eigenvalue weighted by Crippen LogP contribution is 2.76. The minimum absolute atomic E-state index is 0.0108. The lowest BCUT2D eigenvalue weighted by Crippen LogP contribution is -2.69. The van der Waals surface area contributed by atoms with E-state index in [-0.39, 0.29) is 12.4 Å². The Bertz CT molecular complexity index is 1210. The SMILES string of the molecule is COC(=O)C1(C)C(C2(C)C=CC(=O)C(C)(C)C2COC(C)=O)CCC2(C)C(c3ccoc3)OC(=O)C3OC321. The predicted octanol–water partition coefficient (Wildman–Crippen LogP) is 3.96. The number of ether oxygens (including phenoxy) is 4. The Morgan fingerprint density at radius 3 is 2.42 bits per heavy atom. The summed E-state index contributed by atoms with van der Waals surface area (Å²) in [6.07, 6.45) is 6.01. The Hall–Kier alpha value is -2.94. The molecule has 0 bridgehead atoms. The molecule has 1 saturated carbocycles. The van der Waals surface area contributed by atoms with Crippen molar-refractivity contribution in [3.8, 4) is 0 Å². The van der Waals surface area contributed by atoms with Crippen LogP contribution in [0.25, 0.3) is 0 Å². The first-order valence-corrected chi connectivity index (χ1v) is 13.1. The highest BCUT2D eigenvalue weighted by Gasteiger charge is 2.88. The number of allylic oxidation sites excluding steroid dienone is 2. The summed E-state index contributed by atoms with van der Waals surface area (Å²) in [6.45, 7) is 10.8. The molecule has 8 atom stereocenters. The van der Waals surface area contributed by atoms with Gasteiger partial charge in [0.2, 0.25) is 0 Å². The zero-order valence-electron chi connectivity index (χ0n) is 23.0. The molecule has 38 heavy (non-hydrogen) atoms. The van der Waals surface area contributed by atoms with Gasteiger partial charge in [-0.05, 0) is 43.2 Å². The standard InChI is InChI=1S/C29H36O9/c1-16(30)36-15-19-25(2,3)20(31)9-11-26(19,4)18-8-12-27(5)21(17-10-13-35-14-17)37-23(32)22-29(27,38-22)28(18,6)24(33)34-7/h9-11,13-14,18-19,21-22H,8,12,15H2,1-7H3. The van der Waals surface area contributed by atoms with Crippen molar-refractivity contribution in [3.63, 3.8) is 0 Å². The lowest BCUT2D eigenvalue weighted by molar-refractivity contribution is -0.213. The van der Waals surface area contributed by atoms with Crippen LogP contribution in [-0.2, 0) is 38.1 Å². The van der Waals surface area contributed by atoms with E-state index in [0.29, 0.717) is 18.4 Å². The molecule has 2 aliphatic carbocycles. The first kappa shape index (κ1) is 26.7. The van der Waals surface area contributed by atoms with Gasteiger partial charge in [0.05, 0.1) is 26.2 Å². The van der Waals surface area contributed by atoms with Gasteiger partial charge in [-0.25, -0.2) is 4.79 Å². The van der Waals surface area contributed by atoms with Crippen LogP contribution in [0.2, 0.25) is 0 Å². The van der Waals surface area contributed by atoms with Gasteiger partial charge < -0.3 is 23.4 Å². The first-order valence-electron chi connectivity index (χ1n) is 13.1. The maximum atomic E-state index is 14.0. The fourth-order valence-corrected chi connectivity index (χ4v) is 8.38. The molecule has 1 spiro atoms. The third kappa shape index (κ3) is 3.14. The second-order valence-corrected chi connectivity index (χ2v) is 12.5. The molecule has 2 aliphatic heterocycles. The lowest BCUT2D eigenvalue weighted by Gasteiger charge is -2.62. The number of esters is 3. The van der Waals surface area contributed by atoms with Gasteiger partial charge in [0.1, 0.15) is 17.1 Å². The third-order valence-corrected chi connectivity index (χ3v) is 10.4. The Balaban J connectivity index is 1.68. The summed E-state index contributed by atoms with van der Waals surface area (Å²) >= 11 is 0. The maximum Gasteiger partial charge on any atom is 0.339 e. The monoisotopic (exact) mass is 528 g/mol. The van der Waals surface area contributed by atoms with E-state index in [0.717, 1.165) is 0 Å². The van der Waals surface area contributed by atoms with E-state index in [1.54, 1.807) is 18.4 Å². The molecule has 3 heterocycles. The maximum absolute atomic E-state index is 14.0. The fourth-order valence-electron chi connectivity index (χ4n) is 8.38. The molecule has 1 aromatic heterocycles. The fraction of sp³-hybridized carbons (Fsp3) is 0.655. The highest BCUT2D eigenvalue weighted by atomic mass is 16.7. The van der Waals surface area contributed by atoms with Gasteiger partial charge in [-0.15, -0.1) is 0 Å². The number of epoxide rings is 1. The molecule has 2 saturated heterocycles. The van der Waals surface area contributed by atoms with Crippen molar-refractivity contribution >= 4 is 23.7 Å². The zero-order chi connectivity index (χ0) is 27.9. The van der Waals surface area contributed by atoms with Crippen LogP contribution in [-0.4, -0.2) is 49.1 Å². The van der Waals surface area contributed by atoms with Crippen molar-refractivity contribution in [2.75, 3.05) is 13.7 Å². The quantitative estimate of drug-likeness (QED) is 0.317. The molecule has 1 aromatic rings. The van der Waals surface area contributed by atoms with E-state index in [1.165, 1.54) is 20.3 Å². The number of cyclic esters (lactones) is 1. The van der Waals surface area contributed by atoms with Crippen molar-refractivity contribution in [2.45, 2.75) is 72.2 Å². The van der Waals surface area contributed by atoms with E-state index in [1.807, 2.05) is 40.7 Å². The molecule has 0 N–H and O–H groups in total. The van der Waals surface area contributed by atoms with E-state index in [2.05, 4.69) is 0 Å². The van der Waals surface area contributed by atoms with Crippen LogP contribution in [0.1, 0.15) is 66.1 Å². The molecule has 0 aromatic carbocycles. The van der Waals surface area contributed by atoms with Gasteiger partial charge >= 0.3 is 17.9 Å². The number of hydrogen-bond donors (Lipinski definition) is 0. The Morgan fingerprint density at radius 1 is 1.11 bits per heavy atom. The molecule has 9 nitrogen and oxygen atoms in total. The van der Waals surface area contributed by atoms with Gasteiger partial charge in [-0.1, -0.05) is 33.8 Å². The smallest absolute Gasteiger partial charge is 0.339 e. The van der Waals surface area contributed by atoms with Gasteiger partial charge in [0.15, 0.2) is 11.9 Å². The second kappa shape index (κ2) is 8.28. The van der Waals surface area contributed by atoms with Crippen LogP contribution in [0.5, 0.6) is 0 Å². The number of methoxy groups -OCH3 is 1. The highest BCUT2D eigenvalue weighted by molar-refractivity contribution is 5.96. The van der Waals surface area contributed by atoms with Gasteiger partial charge in [-0.2, -0.15) is 0 Å². The first-order chi connectivity index (χ1) is 17.7. The summed E-state index contributed by atoms with van der Waals surface area (Å²) in [7, 11) is 1.34. The lowest BCUT2D eigenvalue weighted by atomic mass is 9.40. The number of ketones is 1. The van der Waals surface area contributed by atoms with Crippen LogP contribution in [0.4, 0.5) is 0 Å². The summed E-state index contributed by atoms with van der Waals surface area (Å²) < 4.78 is 28.5. The summed E-state index contributed by atoms with van der Waals surface area (Å²) in [6, 6.07) is 1.76. The van der Waals surface area contributed by atoms with Crippen molar-refractivity contribution in [2.24, 2.45) is 33.5 Å². The van der Waals surface area contributed by atoms with Gasteiger partial charge in [-0.3, -0.25) is 14.4 Å². The summed E-state index contributed by atoms with van der Waals surface area (Å²) in [4.78, 5) is 52.1. The molecule has 206 valence electrons. The van der Waals surface area contributed by atoms with Gasteiger partial charge in [0.25, 0.3) is 0 Å². The van der Waals surface area contributed by atoms with Crippen LogP contribution in [0.15, 0.2) is 35.2 Å². The van der Waals surface area contributed by atoms with Crippen molar-refractivity contribution < 1.29 is 42.5 Å². The second-order valence-electron chi connectivity index (χ2n) is 12.5. The predicted molar refractivity (Wildman–Crippen MR) is 132 cm³/mol. The number of hydrogen-bond acceptors (Lipinski definition) is 9. The molecule has 4 aliphatic rings. The van der Waals surface area contributed by atoms with Crippen LogP contribution in [0.3, 0.4) is 0 Å². The Kier molecular flexibility index (Phi) is 5.81. The van der Waals surface area contributed by atoms with Crippen molar-refractivity contribution in [3.05, 3.63) is 36.3 Å². The summed E-state index contributed by atoms with van der Waals surface area (Å²) in [5.41, 5.74) is -4.23. The minimum atomic E-state index is -1.30. The number of rotatable bonds is 5. The van der Waals surface area contributed by atoms with Crippen LogP contribution in [0, 0.1) is 33.5 Å². The summed E-state index contributed by atoms with van der Waals surface area (Å²) in [5.74, 6) is -2.40. The van der Waals surface area contributed by atoms with Crippen LogP contribution < -0.4 is 0 Å². The largest absolute Gasteiger partial charge is 0.472 e. The average Bonchev–Trinajstić information content (AvgIpc) is 3.43. The van der Waals surface area contributed by atoms with E-state index >= 15 is 0 Å². The summed E-state index contributed by atoms with van der Waals surface area (Å²) in [5, 5.41) is 0. The number of furan rings is 1.